The molecule has 2 atom stereocenters. The molecule has 0 aromatic rings. The van der Waals surface area contributed by atoms with Crippen molar-refractivity contribution in [1.29, 1.82) is 0 Å². The van der Waals surface area contributed by atoms with Gasteiger partial charge in [0.05, 0.1) is 0 Å². The summed E-state index contributed by atoms with van der Waals surface area (Å²) in [4.78, 5) is 2.73. The molecule has 1 saturated heterocycles. The fourth-order valence-corrected chi connectivity index (χ4v) is 3.02. The van der Waals surface area contributed by atoms with E-state index in [0.29, 0.717) is 0 Å². The lowest BCUT2D eigenvalue weighted by atomic mass is 9.89. The zero-order chi connectivity index (χ0) is 12.7. The zero-order valence-corrected chi connectivity index (χ0v) is 12.3. The van der Waals surface area contributed by atoms with Crippen LogP contribution >= 0.6 is 0 Å². The summed E-state index contributed by atoms with van der Waals surface area (Å²) in [5.41, 5.74) is 0. The van der Waals surface area contributed by atoms with E-state index in [4.69, 9.17) is 0 Å². The maximum atomic E-state index is 3.51. The highest BCUT2D eigenvalue weighted by Crippen LogP contribution is 2.25. The Morgan fingerprint density at radius 3 is 2.53 bits per heavy atom. The van der Waals surface area contributed by atoms with Crippen molar-refractivity contribution >= 4 is 0 Å². The summed E-state index contributed by atoms with van der Waals surface area (Å²) in [7, 11) is 0. The van der Waals surface area contributed by atoms with E-state index >= 15 is 0 Å². The Bertz CT molecular complexity index is 191. The lowest BCUT2D eigenvalue weighted by molar-refractivity contribution is 0.189. The Morgan fingerprint density at radius 2 is 1.94 bits per heavy atom. The number of likely N-dealkylation sites (tertiary alicyclic amines) is 1. The third-order valence-corrected chi connectivity index (χ3v) is 4.37. The fraction of sp³-hybridized carbons (Fsp3) is 1.00. The minimum absolute atomic E-state index is 0.751. The maximum Gasteiger partial charge on any atom is 0.0218 e. The molecular weight excluding hydrogens is 208 g/mol. The van der Waals surface area contributed by atoms with Crippen LogP contribution in [0.5, 0.6) is 0 Å². The molecule has 0 aromatic heterocycles. The number of rotatable bonds is 6. The number of hydrogen-bond donors (Lipinski definition) is 1. The molecular formula is C15H32N2. The molecule has 102 valence electrons. The summed E-state index contributed by atoms with van der Waals surface area (Å²) in [6.45, 7) is 14.2. The van der Waals surface area contributed by atoms with Crippen molar-refractivity contribution in [3.05, 3.63) is 0 Å². The third-order valence-electron chi connectivity index (χ3n) is 4.37. The Balaban J connectivity index is 2.42. The van der Waals surface area contributed by atoms with Gasteiger partial charge in [-0.15, -0.1) is 0 Å². The van der Waals surface area contributed by atoms with E-state index in [1.807, 2.05) is 0 Å². The molecule has 1 rings (SSSR count). The first-order chi connectivity index (χ1) is 8.19. The van der Waals surface area contributed by atoms with Crippen molar-refractivity contribution in [3.63, 3.8) is 0 Å². The van der Waals surface area contributed by atoms with Crippen LogP contribution in [0.3, 0.4) is 0 Å². The second-order valence-electron chi connectivity index (χ2n) is 5.84. The van der Waals surface area contributed by atoms with Crippen LogP contribution in [0.4, 0.5) is 0 Å². The molecule has 1 heterocycles. The first-order valence-corrected chi connectivity index (χ1v) is 7.63. The highest BCUT2D eigenvalue weighted by atomic mass is 15.2. The second kappa shape index (κ2) is 8.10. The molecule has 1 fully saturated rings. The topological polar surface area (TPSA) is 15.3 Å². The predicted octanol–water partition coefficient (Wildman–Crippen LogP) is 3.13. The molecule has 2 unspecified atom stereocenters. The van der Waals surface area contributed by atoms with Gasteiger partial charge in [0, 0.05) is 12.6 Å². The van der Waals surface area contributed by atoms with Crippen molar-refractivity contribution < 1.29 is 0 Å². The molecule has 2 nitrogen and oxygen atoms in total. The zero-order valence-electron chi connectivity index (χ0n) is 12.3. The molecule has 1 aliphatic rings. The Hall–Kier alpha value is -0.0800. The van der Waals surface area contributed by atoms with Crippen LogP contribution in [0, 0.1) is 11.8 Å². The second-order valence-corrected chi connectivity index (χ2v) is 5.84. The van der Waals surface area contributed by atoms with Gasteiger partial charge in [0.15, 0.2) is 0 Å². The van der Waals surface area contributed by atoms with Crippen LogP contribution < -0.4 is 5.32 Å². The monoisotopic (exact) mass is 240 g/mol. The van der Waals surface area contributed by atoms with Crippen molar-refractivity contribution in [3.8, 4) is 0 Å². The summed E-state index contributed by atoms with van der Waals surface area (Å²) in [6, 6.07) is 0.751. The third kappa shape index (κ3) is 4.97. The standard InChI is InChI=1S/C15H32N2/c1-5-15(12-16-6-2)17-10-7-8-14(9-11-17)13(3)4/h13-16H,5-12H2,1-4H3. The van der Waals surface area contributed by atoms with Gasteiger partial charge in [0.25, 0.3) is 0 Å². The van der Waals surface area contributed by atoms with Gasteiger partial charge in [-0.1, -0.05) is 27.7 Å². The number of nitrogens with one attached hydrogen (secondary N) is 1. The Labute approximate surface area is 108 Å². The van der Waals surface area contributed by atoms with Crippen molar-refractivity contribution in [2.45, 2.75) is 59.4 Å². The molecule has 0 aromatic carbocycles. The normalized spacial score (nSPS) is 24.9. The van der Waals surface area contributed by atoms with E-state index in [0.717, 1.165) is 24.4 Å². The van der Waals surface area contributed by atoms with E-state index in [9.17, 15) is 0 Å². The first-order valence-electron chi connectivity index (χ1n) is 7.63. The molecule has 0 saturated carbocycles. The SMILES string of the molecule is CCNCC(CC)N1CCCC(C(C)C)CC1. The quantitative estimate of drug-likeness (QED) is 0.767. The van der Waals surface area contributed by atoms with Crippen LogP contribution in [0.1, 0.15) is 53.4 Å². The molecule has 1 aliphatic heterocycles. The van der Waals surface area contributed by atoms with Gasteiger partial charge in [0.1, 0.15) is 0 Å². The largest absolute Gasteiger partial charge is 0.315 e. The fourth-order valence-electron chi connectivity index (χ4n) is 3.02. The van der Waals surface area contributed by atoms with Crippen LogP contribution in [-0.2, 0) is 0 Å². The Morgan fingerprint density at radius 1 is 1.18 bits per heavy atom. The average Bonchev–Trinajstić information content (AvgIpc) is 2.56. The average molecular weight is 240 g/mol. The highest BCUT2D eigenvalue weighted by molar-refractivity contribution is 4.78. The molecule has 0 aliphatic carbocycles. The first kappa shape index (κ1) is 15.0. The minimum Gasteiger partial charge on any atom is -0.315 e. The van der Waals surface area contributed by atoms with Gasteiger partial charge in [-0.05, 0) is 57.2 Å². The van der Waals surface area contributed by atoms with Gasteiger partial charge in [0.2, 0.25) is 0 Å². The smallest absolute Gasteiger partial charge is 0.0218 e. The lowest BCUT2D eigenvalue weighted by Gasteiger charge is -2.30. The molecule has 17 heavy (non-hydrogen) atoms. The molecule has 0 bridgehead atoms. The van der Waals surface area contributed by atoms with Gasteiger partial charge < -0.3 is 5.32 Å². The van der Waals surface area contributed by atoms with Crippen LogP contribution in [0.25, 0.3) is 0 Å². The summed E-state index contributed by atoms with van der Waals surface area (Å²) in [5, 5.41) is 3.51. The van der Waals surface area contributed by atoms with E-state index in [1.165, 1.54) is 45.3 Å². The van der Waals surface area contributed by atoms with Crippen LogP contribution in [-0.4, -0.2) is 37.1 Å². The molecule has 0 spiro atoms. The number of hydrogen-bond acceptors (Lipinski definition) is 2. The van der Waals surface area contributed by atoms with E-state index < -0.39 is 0 Å². The summed E-state index contributed by atoms with van der Waals surface area (Å²) in [5.74, 6) is 1.82. The van der Waals surface area contributed by atoms with Gasteiger partial charge in [-0.25, -0.2) is 0 Å². The maximum absolute atomic E-state index is 3.51. The molecule has 1 N–H and O–H groups in total. The van der Waals surface area contributed by atoms with Crippen LogP contribution in [0.2, 0.25) is 0 Å². The molecule has 2 heteroatoms. The number of likely N-dealkylation sites (N-methyl/N-ethyl adjacent to an activating group) is 1. The van der Waals surface area contributed by atoms with E-state index in [-0.39, 0.29) is 0 Å². The lowest BCUT2D eigenvalue weighted by Crippen LogP contribution is -2.42. The van der Waals surface area contributed by atoms with Crippen LogP contribution in [0.15, 0.2) is 0 Å². The highest BCUT2D eigenvalue weighted by Gasteiger charge is 2.23. The van der Waals surface area contributed by atoms with Crippen molar-refractivity contribution in [2.24, 2.45) is 11.8 Å². The van der Waals surface area contributed by atoms with Gasteiger partial charge in [-0.3, -0.25) is 4.90 Å². The summed E-state index contributed by atoms with van der Waals surface area (Å²) in [6.07, 6.45) is 5.51. The van der Waals surface area contributed by atoms with Gasteiger partial charge >= 0.3 is 0 Å². The van der Waals surface area contributed by atoms with Crippen molar-refractivity contribution in [1.82, 2.24) is 10.2 Å². The minimum atomic E-state index is 0.751. The molecule has 0 radical (unpaired) electrons. The summed E-state index contributed by atoms with van der Waals surface area (Å²) >= 11 is 0. The Kier molecular flexibility index (Phi) is 7.14. The van der Waals surface area contributed by atoms with Crippen molar-refractivity contribution in [2.75, 3.05) is 26.2 Å². The molecule has 0 amide bonds. The van der Waals surface area contributed by atoms with Gasteiger partial charge in [-0.2, -0.15) is 0 Å². The number of nitrogens with zero attached hydrogens (tertiary/aromatic N) is 1. The predicted molar refractivity (Wildman–Crippen MR) is 76.4 cm³/mol. The summed E-state index contributed by atoms with van der Waals surface area (Å²) < 4.78 is 0. The van der Waals surface area contributed by atoms with E-state index in [2.05, 4.69) is 37.9 Å². The van der Waals surface area contributed by atoms with E-state index in [1.54, 1.807) is 0 Å².